The van der Waals surface area contributed by atoms with E-state index in [1.807, 2.05) is 75.7 Å². The summed E-state index contributed by atoms with van der Waals surface area (Å²) in [7, 11) is 5.99. The van der Waals surface area contributed by atoms with Gasteiger partial charge in [-0.3, -0.25) is 4.68 Å². The Morgan fingerprint density at radius 1 is 1.14 bits per heavy atom. The van der Waals surface area contributed by atoms with Gasteiger partial charge in [0.2, 0.25) is 0 Å². The molecular formula is C21H29N5O2. The number of aromatic nitrogens is 4. The maximum atomic E-state index is 5.91. The first-order valence-corrected chi connectivity index (χ1v) is 9.60. The van der Waals surface area contributed by atoms with Crippen molar-refractivity contribution < 1.29 is 9.47 Å². The summed E-state index contributed by atoms with van der Waals surface area (Å²) in [4.78, 5) is 6.65. The fourth-order valence-corrected chi connectivity index (χ4v) is 2.97. The van der Waals surface area contributed by atoms with Gasteiger partial charge in [-0.15, -0.1) is 0 Å². The highest BCUT2D eigenvalue weighted by molar-refractivity contribution is 5.61. The van der Waals surface area contributed by atoms with Crippen molar-refractivity contribution in [2.24, 2.45) is 7.05 Å². The topological polar surface area (TPSA) is 57.3 Å². The van der Waals surface area contributed by atoms with Crippen LogP contribution in [0.1, 0.15) is 12.5 Å². The van der Waals surface area contributed by atoms with Crippen LogP contribution in [0.3, 0.4) is 0 Å². The van der Waals surface area contributed by atoms with Gasteiger partial charge in [0.25, 0.3) is 0 Å². The number of imidazole rings is 1. The van der Waals surface area contributed by atoms with Gasteiger partial charge in [0.1, 0.15) is 12.4 Å². The molecule has 0 saturated carbocycles. The summed E-state index contributed by atoms with van der Waals surface area (Å²) in [6.45, 7) is 4.87. The zero-order valence-electron chi connectivity index (χ0n) is 17.1. The van der Waals surface area contributed by atoms with Crippen LogP contribution in [-0.4, -0.2) is 58.1 Å². The number of likely N-dealkylation sites (N-methyl/N-ethyl adjacent to an activating group) is 1. The lowest BCUT2D eigenvalue weighted by atomic mass is 10.1. The Labute approximate surface area is 166 Å². The highest BCUT2D eigenvalue weighted by Gasteiger charge is 2.12. The maximum Gasteiger partial charge on any atom is 0.161 e. The predicted octanol–water partition coefficient (Wildman–Crippen LogP) is 2.87. The second-order valence-electron chi connectivity index (χ2n) is 6.96. The van der Waals surface area contributed by atoms with Crippen LogP contribution < -0.4 is 9.47 Å². The number of ether oxygens (including phenoxy) is 2. The SMILES string of the molecule is CCOc1cc(-c2nccn2CCc2cnn(C)c2)ccc1OCCN(C)C. The predicted molar refractivity (Wildman–Crippen MR) is 110 cm³/mol. The van der Waals surface area contributed by atoms with Gasteiger partial charge in [-0.2, -0.15) is 5.10 Å². The van der Waals surface area contributed by atoms with Crippen LogP contribution in [0.15, 0.2) is 43.0 Å². The summed E-state index contributed by atoms with van der Waals surface area (Å²) in [5.74, 6) is 2.44. The van der Waals surface area contributed by atoms with Crippen LogP contribution in [-0.2, 0) is 20.0 Å². The minimum atomic E-state index is 0.586. The minimum Gasteiger partial charge on any atom is -0.490 e. The highest BCUT2D eigenvalue weighted by Crippen LogP contribution is 2.32. The first kappa shape index (κ1) is 19.9. The number of hydrogen-bond donors (Lipinski definition) is 0. The summed E-state index contributed by atoms with van der Waals surface area (Å²) < 4.78 is 15.7. The first-order valence-electron chi connectivity index (χ1n) is 9.60. The van der Waals surface area contributed by atoms with Crippen LogP contribution >= 0.6 is 0 Å². The molecule has 0 bridgehead atoms. The molecule has 0 aliphatic heterocycles. The fraction of sp³-hybridized carbons (Fsp3) is 0.429. The third-order valence-electron chi connectivity index (χ3n) is 4.41. The third-order valence-corrected chi connectivity index (χ3v) is 4.41. The molecule has 150 valence electrons. The van der Waals surface area contributed by atoms with Crippen molar-refractivity contribution in [1.82, 2.24) is 24.2 Å². The summed E-state index contributed by atoms with van der Waals surface area (Å²) in [5.41, 5.74) is 2.22. The molecule has 7 nitrogen and oxygen atoms in total. The Bertz CT molecular complexity index is 885. The molecule has 0 aliphatic rings. The first-order chi connectivity index (χ1) is 13.6. The second kappa shape index (κ2) is 9.41. The second-order valence-corrected chi connectivity index (χ2v) is 6.96. The van der Waals surface area contributed by atoms with E-state index in [2.05, 4.69) is 19.5 Å². The molecule has 0 unspecified atom stereocenters. The van der Waals surface area contributed by atoms with Crippen molar-refractivity contribution in [3.8, 4) is 22.9 Å². The monoisotopic (exact) mass is 383 g/mol. The van der Waals surface area contributed by atoms with Crippen LogP contribution in [0.4, 0.5) is 0 Å². The molecule has 3 rings (SSSR count). The Kier molecular flexibility index (Phi) is 6.71. The normalized spacial score (nSPS) is 11.2. The van der Waals surface area contributed by atoms with E-state index < -0.39 is 0 Å². The lowest BCUT2D eigenvalue weighted by Gasteiger charge is -2.15. The molecule has 3 aromatic rings. The summed E-state index contributed by atoms with van der Waals surface area (Å²) >= 11 is 0. The van der Waals surface area contributed by atoms with Crippen molar-refractivity contribution in [2.75, 3.05) is 33.9 Å². The van der Waals surface area contributed by atoms with Gasteiger partial charge in [-0.1, -0.05) is 0 Å². The van der Waals surface area contributed by atoms with Crippen LogP contribution in [0.5, 0.6) is 11.5 Å². The average Bonchev–Trinajstić information content (AvgIpc) is 3.29. The summed E-state index contributed by atoms with van der Waals surface area (Å²) in [5, 5.41) is 4.23. The van der Waals surface area contributed by atoms with Gasteiger partial charge in [-0.25, -0.2) is 4.98 Å². The van der Waals surface area contributed by atoms with E-state index in [1.165, 1.54) is 5.56 Å². The molecule has 0 atom stereocenters. The van der Waals surface area contributed by atoms with Crippen molar-refractivity contribution in [1.29, 1.82) is 0 Å². The Balaban J connectivity index is 1.75. The standard InChI is InChI=1S/C21H29N5O2/c1-5-27-20-14-18(6-7-19(20)28-13-12-24(2)3)21-22-9-11-26(21)10-8-17-15-23-25(4)16-17/h6-7,9,11,14-16H,5,8,10,12-13H2,1-4H3. The van der Waals surface area contributed by atoms with Crippen LogP contribution in [0.25, 0.3) is 11.4 Å². The van der Waals surface area contributed by atoms with E-state index in [9.17, 15) is 0 Å². The molecule has 0 spiro atoms. The number of rotatable bonds is 10. The van der Waals surface area contributed by atoms with Gasteiger partial charge in [0.15, 0.2) is 11.5 Å². The minimum absolute atomic E-state index is 0.586. The third kappa shape index (κ3) is 5.13. The number of hydrogen-bond acceptors (Lipinski definition) is 5. The molecule has 0 aliphatic carbocycles. The quantitative estimate of drug-likeness (QED) is 0.539. The Morgan fingerprint density at radius 2 is 2.00 bits per heavy atom. The number of benzene rings is 1. The summed E-state index contributed by atoms with van der Waals surface area (Å²) in [6.07, 6.45) is 8.70. The van der Waals surface area contributed by atoms with E-state index in [4.69, 9.17) is 9.47 Å². The number of aryl methyl sites for hydroxylation is 3. The molecule has 28 heavy (non-hydrogen) atoms. The van der Waals surface area contributed by atoms with Crippen LogP contribution in [0, 0.1) is 0 Å². The van der Waals surface area contributed by atoms with Crippen molar-refractivity contribution in [3.63, 3.8) is 0 Å². The average molecular weight is 383 g/mol. The Morgan fingerprint density at radius 3 is 2.71 bits per heavy atom. The van der Waals surface area contributed by atoms with Crippen molar-refractivity contribution in [3.05, 3.63) is 48.5 Å². The lowest BCUT2D eigenvalue weighted by Crippen LogP contribution is -2.19. The van der Waals surface area contributed by atoms with Gasteiger partial charge in [-0.05, 0) is 51.2 Å². The summed E-state index contributed by atoms with van der Waals surface area (Å²) in [6, 6.07) is 6.02. The van der Waals surface area contributed by atoms with Gasteiger partial charge in [0, 0.05) is 44.3 Å². The molecule has 0 amide bonds. The van der Waals surface area contributed by atoms with Gasteiger partial charge < -0.3 is 18.9 Å². The van der Waals surface area contributed by atoms with Crippen molar-refractivity contribution in [2.45, 2.75) is 19.9 Å². The zero-order chi connectivity index (χ0) is 19.9. The molecule has 2 aromatic heterocycles. The van der Waals surface area contributed by atoms with E-state index in [1.54, 1.807) is 0 Å². The van der Waals surface area contributed by atoms with E-state index in [0.29, 0.717) is 13.2 Å². The molecular weight excluding hydrogens is 354 g/mol. The van der Waals surface area contributed by atoms with E-state index in [-0.39, 0.29) is 0 Å². The number of nitrogens with zero attached hydrogens (tertiary/aromatic N) is 5. The van der Waals surface area contributed by atoms with E-state index in [0.717, 1.165) is 42.4 Å². The van der Waals surface area contributed by atoms with E-state index >= 15 is 0 Å². The largest absolute Gasteiger partial charge is 0.490 e. The van der Waals surface area contributed by atoms with Crippen LogP contribution in [0.2, 0.25) is 0 Å². The molecule has 7 heteroatoms. The zero-order valence-corrected chi connectivity index (χ0v) is 17.1. The molecule has 1 aromatic carbocycles. The molecule has 0 saturated heterocycles. The smallest absolute Gasteiger partial charge is 0.161 e. The molecule has 0 radical (unpaired) electrons. The Hall–Kier alpha value is -2.80. The maximum absolute atomic E-state index is 5.91. The highest BCUT2D eigenvalue weighted by atomic mass is 16.5. The molecule has 0 fully saturated rings. The van der Waals surface area contributed by atoms with Gasteiger partial charge in [0.05, 0.1) is 12.8 Å². The lowest BCUT2D eigenvalue weighted by molar-refractivity contribution is 0.244. The molecule has 2 heterocycles. The fourth-order valence-electron chi connectivity index (χ4n) is 2.97. The molecule has 0 N–H and O–H groups in total. The van der Waals surface area contributed by atoms with Gasteiger partial charge >= 0.3 is 0 Å². The van der Waals surface area contributed by atoms with Crippen molar-refractivity contribution >= 4 is 0 Å².